The number of benzene rings is 1. The predicted octanol–water partition coefficient (Wildman–Crippen LogP) is 2.31. The molecule has 194 valence electrons. The minimum absolute atomic E-state index is 0.0539. The number of fused-ring (bicyclic) bond motifs is 2. The SMILES string of the molecule is CCOC(=O)c1c(NC(=O)COC(=O)CN2C(=O)N[C@]3(CCc4ccccc43)C2=O)sc(C(C)=O)c1C. The van der Waals surface area contributed by atoms with Crippen LogP contribution in [0.4, 0.5) is 9.80 Å². The Kier molecular flexibility index (Phi) is 7.12. The van der Waals surface area contributed by atoms with E-state index in [0.717, 1.165) is 21.8 Å². The van der Waals surface area contributed by atoms with E-state index < -0.39 is 48.5 Å². The monoisotopic (exact) mass is 527 g/mol. The topological polar surface area (TPSA) is 148 Å². The van der Waals surface area contributed by atoms with Crippen molar-refractivity contribution >= 4 is 51.9 Å². The lowest BCUT2D eigenvalue weighted by Gasteiger charge is -2.22. The molecule has 2 aliphatic rings. The summed E-state index contributed by atoms with van der Waals surface area (Å²) >= 11 is 0.914. The van der Waals surface area contributed by atoms with Gasteiger partial charge < -0.3 is 20.1 Å². The Morgan fingerprint density at radius 1 is 1.16 bits per heavy atom. The zero-order valence-corrected chi connectivity index (χ0v) is 21.3. The number of aryl methyl sites for hydroxylation is 1. The molecule has 0 radical (unpaired) electrons. The molecule has 4 amide bonds. The molecule has 2 N–H and O–H groups in total. The fraction of sp³-hybridized carbons (Fsp3) is 0.360. The van der Waals surface area contributed by atoms with Crippen LogP contribution in [0.1, 0.15) is 57.0 Å². The van der Waals surface area contributed by atoms with Crippen LogP contribution in [0, 0.1) is 6.92 Å². The second-order valence-corrected chi connectivity index (χ2v) is 9.65. The van der Waals surface area contributed by atoms with Crippen LogP contribution in [0.2, 0.25) is 0 Å². The maximum atomic E-state index is 13.1. The van der Waals surface area contributed by atoms with Gasteiger partial charge in [0.25, 0.3) is 11.8 Å². The Labute approximate surface area is 216 Å². The van der Waals surface area contributed by atoms with E-state index in [2.05, 4.69) is 10.6 Å². The van der Waals surface area contributed by atoms with Gasteiger partial charge in [-0.25, -0.2) is 9.59 Å². The van der Waals surface area contributed by atoms with Gasteiger partial charge >= 0.3 is 18.0 Å². The van der Waals surface area contributed by atoms with Crippen molar-refractivity contribution in [3.63, 3.8) is 0 Å². The van der Waals surface area contributed by atoms with E-state index in [0.29, 0.717) is 24.0 Å². The van der Waals surface area contributed by atoms with Gasteiger partial charge in [0.15, 0.2) is 12.4 Å². The highest BCUT2D eigenvalue weighted by molar-refractivity contribution is 7.18. The second-order valence-electron chi connectivity index (χ2n) is 8.63. The molecule has 1 aromatic carbocycles. The first-order valence-electron chi connectivity index (χ1n) is 11.6. The number of urea groups is 1. The molecule has 4 rings (SSSR count). The lowest BCUT2D eigenvalue weighted by molar-refractivity contribution is -0.150. The van der Waals surface area contributed by atoms with Gasteiger partial charge in [0.2, 0.25) is 0 Å². The molecule has 1 spiro atoms. The molecule has 0 bridgehead atoms. The number of rotatable bonds is 8. The van der Waals surface area contributed by atoms with Crippen molar-refractivity contribution in [1.82, 2.24) is 10.2 Å². The molecule has 1 atom stereocenters. The Bertz CT molecular complexity index is 1330. The number of amides is 4. The number of nitrogens with one attached hydrogen (secondary N) is 2. The Morgan fingerprint density at radius 2 is 1.89 bits per heavy atom. The molecular formula is C25H25N3O8S. The van der Waals surface area contributed by atoms with Crippen molar-refractivity contribution in [3.8, 4) is 0 Å². The van der Waals surface area contributed by atoms with Crippen LogP contribution in [0.3, 0.4) is 0 Å². The zero-order chi connectivity index (χ0) is 26.9. The van der Waals surface area contributed by atoms with Crippen LogP contribution >= 0.6 is 11.3 Å². The maximum absolute atomic E-state index is 13.1. The fourth-order valence-electron chi connectivity index (χ4n) is 4.60. The van der Waals surface area contributed by atoms with Crippen molar-refractivity contribution in [2.45, 2.75) is 39.2 Å². The number of anilines is 1. The number of carbonyl (C=O) groups is 6. The lowest BCUT2D eigenvalue weighted by atomic mass is 9.92. The number of ketones is 1. The number of ether oxygens (including phenoxy) is 2. The Morgan fingerprint density at radius 3 is 2.59 bits per heavy atom. The average molecular weight is 528 g/mol. The summed E-state index contributed by atoms with van der Waals surface area (Å²) < 4.78 is 10.0. The number of esters is 2. The molecule has 37 heavy (non-hydrogen) atoms. The minimum atomic E-state index is -1.21. The zero-order valence-electron chi connectivity index (χ0n) is 20.5. The highest BCUT2D eigenvalue weighted by Crippen LogP contribution is 2.41. The van der Waals surface area contributed by atoms with E-state index in [1.807, 2.05) is 12.1 Å². The maximum Gasteiger partial charge on any atom is 0.341 e. The fourth-order valence-corrected chi connectivity index (χ4v) is 5.71. The van der Waals surface area contributed by atoms with Gasteiger partial charge in [-0.3, -0.25) is 24.1 Å². The third kappa shape index (κ3) is 4.71. The molecule has 1 aromatic heterocycles. The Balaban J connectivity index is 1.39. The van der Waals surface area contributed by atoms with Crippen LogP contribution in [0.15, 0.2) is 24.3 Å². The summed E-state index contributed by atoms with van der Waals surface area (Å²) in [5, 5.41) is 5.28. The molecule has 12 heteroatoms. The first kappa shape index (κ1) is 26.0. The molecule has 2 heterocycles. The third-order valence-corrected chi connectivity index (χ3v) is 7.58. The Hall–Kier alpha value is -4.06. The smallest absolute Gasteiger partial charge is 0.341 e. The van der Waals surface area contributed by atoms with Crippen LogP contribution < -0.4 is 10.6 Å². The number of thiophene rings is 1. The predicted molar refractivity (Wildman–Crippen MR) is 131 cm³/mol. The van der Waals surface area contributed by atoms with Gasteiger partial charge in [0.05, 0.1) is 17.0 Å². The minimum Gasteiger partial charge on any atom is -0.462 e. The largest absolute Gasteiger partial charge is 0.462 e. The molecule has 1 aliphatic heterocycles. The number of nitrogens with zero attached hydrogens (tertiary/aromatic N) is 1. The van der Waals surface area contributed by atoms with Crippen LogP contribution in [-0.4, -0.2) is 60.2 Å². The van der Waals surface area contributed by atoms with E-state index >= 15 is 0 Å². The summed E-state index contributed by atoms with van der Waals surface area (Å²) in [6.45, 7) is 3.24. The second kappa shape index (κ2) is 10.1. The summed E-state index contributed by atoms with van der Waals surface area (Å²) in [5.74, 6) is -3.25. The third-order valence-electron chi connectivity index (χ3n) is 6.27. The molecule has 1 fully saturated rings. The molecule has 11 nitrogen and oxygen atoms in total. The molecule has 1 aliphatic carbocycles. The number of imide groups is 1. The normalized spacial score (nSPS) is 18.0. The highest BCUT2D eigenvalue weighted by atomic mass is 32.1. The van der Waals surface area contributed by atoms with Gasteiger partial charge in [-0.05, 0) is 50.3 Å². The van der Waals surface area contributed by atoms with Gasteiger partial charge in [-0.1, -0.05) is 24.3 Å². The van der Waals surface area contributed by atoms with Crippen molar-refractivity contribution in [2.24, 2.45) is 0 Å². The molecule has 0 saturated carbocycles. The van der Waals surface area contributed by atoms with Crippen LogP contribution in [0.25, 0.3) is 0 Å². The van der Waals surface area contributed by atoms with Gasteiger partial charge in [-0.15, -0.1) is 11.3 Å². The summed E-state index contributed by atoms with van der Waals surface area (Å²) in [6.07, 6.45) is 0.998. The van der Waals surface area contributed by atoms with E-state index in [1.54, 1.807) is 26.0 Å². The van der Waals surface area contributed by atoms with Gasteiger partial charge in [-0.2, -0.15) is 0 Å². The molecular weight excluding hydrogens is 502 g/mol. The van der Waals surface area contributed by atoms with E-state index in [9.17, 15) is 28.8 Å². The van der Waals surface area contributed by atoms with E-state index in [1.165, 1.54) is 6.92 Å². The molecule has 2 aromatic rings. The van der Waals surface area contributed by atoms with E-state index in [4.69, 9.17) is 9.47 Å². The van der Waals surface area contributed by atoms with Gasteiger partial charge in [0.1, 0.15) is 17.1 Å². The average Bonchev–Trinajstić information content (AvgIpc) is 3.46. The first-order valence-corrected chi connectivity index (χ1v) is 12.4. The quantitative estimate of drug-likeness (QED) is 0.302. The summed E-state index contributed by atoms with van der Waals surface area (Å²) in [7, 11) is 0. The van der Waals surface area contributed by atoms with Crippen molar-refractivity contribution in [2.75, 3.05) is 25.1 Å². The van der Waals surface area contributed by atoms with E-state index in [-0.39, 0.29) is 27.8 Å². The highest BCUT2D eigenvalue weighted by Gasteiger charge is 2.55. The number of carbonyl (C=O) groups excluding carboxylic acids is 6. The van der Waals surface area contributed by atoms with Gasteiger partial charge in [0, 0.05) is 0 Å². The standard InChI is InChI=1S/C25H25N3O8S/c1-4-35-22(32)19-13(2)20(14(3)29)37-21(19)26-17(30)12-36-18(31)11-28-23(33)25(27-24(28)34)10-9-15-7-5-6-8-16(15)25/h5-8H,4,9-12H2,1-3H3,(H,26,30)(H,27,34)/t25-/m0/s1. The summed E-state index contributed by atoms with van der Waals surface area (Å²) in [6, 6.07) is 6.59. The van der Waals surface area contributed by atoms with Crippen molar-refractivity contribution in [1.29, 1.82) is 0 Å². The number of Topliss-reactive ketones (excluding diaryl/α,β-unsaturated/α-hetero) is 1. The van der Waals surface area contributed by atoms with Crippen LogP contribution in [-0.2, 0) is 35.8 Å². The molecule has 0 unspecified atom stereocenters. The summed E-state index contributed by atoms with van der Waals surface area (Å²) in [4.78, 5) is 75.9. The first-order chi connectivity index (χ1) is 17.6. The van der Waals surface area contributed by atoms with Crippen molar-refractivity contribution < 1.29 is 38.2 Å². The summed E-state index contributed by atoms with van der Waals surface area (Å²) in [5.41, 5.74) is 0.885. The molecule has 1 saturated heterocycles. The number of hydrogen-bond donors (Lipinski definition) is 2. The lowest BCUT2D eigenvalue weighted by Crippen LogP contribution is -2.42. The number of hydrogen-bond acceptors (Lipinski definition) is 9. The van der Waals surface area contributed by atoms with Crippen LogP contribution in [0.5, 0.6) is 0 Å². The van der Waals surface area contributed by atoms with Crippen molar-refractivity contribution in [3.05, 3.63) is 51.4 Å².